The molecule has 2 aromatic rings. The second-order valence-electron chi connectivity index (χ2n) is 4.87. The van der Waals surface area contributed by atoms with E-state index in [2.05, 4.69) is 5.32 Å². The Balaban J connectivity index is 2.13. The summed E-state index contributed by atoms with van der Waals surface area (Å²) in [5.74, 6) is 0.00783. The molecule has 4 nitrogen and oxygen atoms in total. The third kappa shape index (κ3) is 3.09. The smallest absolute Gasteiger partial charge is 0.251 e. The van der Waals surface area contributed by atoms with Crippen molar-refractivity contribution in [2.75, 3.05) is 5.73 Å². The zero-order valence-electron chi connectivity index (χ0n) is 11.6. The number of rotatable bonds is 3. The van der Waals surface area contributed by atoms with Crippen LogP contribution in [0.4, 0.5) is 5.69 Å². The van der Waals surface area contributed by atoms with Gasteiger partial charge in [0, 0.05) is 11.3 Å². The summed E-state index contributed by atoms with van der Waals surface area (Å²) in [6, 6.07) is 12.1. The quantitative estimate of drug-likeness (QED) is 0.751. The molecule has 0 bridgehead atoms. The number of hydrogen-bond donors (Lipinski definition) is 3. The van der Waals surface area contributed by atoms with Crippen molar-refractivity contribution in [1.82, 2.24) is 5.32 Å². The maximum Gasteiger partial charge on any atom is 0.251 e. The first-order chi connectivity index (χ1) is 9.47. The molecule has 0 aliphatic carbocycles. The number of aromatic hydroxyl groups is 1. The summed E-state index contributed by atoms with van der Waals surface area (Å²) in [7, 11) is 0. The third-order valence-electron chi connectivity index (χ3n) is 3.22. The van der Waals surface area contributed by atoms with Crippen molar-refractivity contribution in [2.24, 2.45) is 0 Å². The first-order valence-electron chi connectivity index (χ1n) is 6.43. The van der Waals surface area contributed by atoms with Crippen molar-refractivity contribution in [2.45, 2.75) is 19.9 Å². The molecular formula is C16H18N2O2. The molecule has 1 unspecified atom stereocenters. The van der Waals surface area contributed by atoms with E-state index in [-0.39, 0.29) is 17.7 Å². The maximum atomic E-state index is 12.2. The number of phenols is 1. The fourth-order valence-electron chi connectivity index (χ4n) is 1.99. The molecule has 0 aliphatic heterocycles. The topological polar surface area (TPSA) is 75.4 Å². The van der Waals surface area contributed by atoms with E-state index in [1.807, 2.05) is 25.1 Å². The minimum atomic E-state index is -0.178. The summed E-state index contributed by atoms with van der Waals surface area (Å²) in [6.07, 6.45) is 0. The van der Waals surface area contributed by atoms with Gasteiger partial charge in [-0.1, -0.05) is 12.1 Å². The van der Waals surface area contributed by atoms with Crippen molar-refractivity contribution < 1.29 is 9.90 Å². The van der Waals surface area contributed by atoms with Gasteiger partial charge in [-0.05, 0) is 55.3 Å². The molecule has 0 heterocycles. The minimum Gasteiger partial charge on any atom is -0.508 e. The normalized spacial score (nSPS) is 11.9. The van der Waals surface area contributed by atoms with Crippen LogP contribution in [0.2, 0.25) is 0 Å². The SMILES string of the molecule is Cc1cc(C(=O)NC(C)c2cccc(N)c2)ccc1O. The Hall–Kier alpha value is -2.49. The molecule has 104 valence electrons. The van der Waals surface area contributed by atoms with E-state index in [0.717, 1.165) is 5.56 Å². The summed E-state index contributed by atoms with van der Waals surface area (Å²) in [4.78, 5) is 12.2. The lowest BCUT2D eigenvalue weighted by Gasteiger charge is -2.15. The van der Waals surface area contributed by atoms with Gasteiger partial charge in [-0.2, -0.15) is 0 Å². The van der Waals surface area contributed by atoms with E-state index in [1.165, 1.54) is 6.07 Å². The van der Waals surface area contributed by atoms with E-state index in [9.17, 15) is 9.90 Å². The van der Waals surface area contributed by atoms with E-state index in [1.54, 1.807) is 25.1 Å². The van der Waals surface area contributed by atoms with E-state index < -0.39 is 0 Å². The number of carbonyl (C=O) groups is 1. The molecule has 20 heavy (non-hydrogen) atoms. The zero-order chi connectivity index (χ0) is 14.7. The molecule has 1 atom stereocenters. The van der Waals surface area contributed by atoms with Gasteiger partial charge in [0.15, 0.2) is 0 Å². The van der Waals surface area contributed by atoms with Gasteiger partial charge in [-0.25, -0.2) is 0 Å². The second-order valence-corrected chi connectivity index (χ2v) is 4.87. The van der Waals surface area contributed by atoms with Gasteiger partial charge < -0.3 is 16.2 Å². The van der Waals surface area contributed by atoms with Gasteiger partial charge in [-0.3, -0.25) is 4.79 Å². The molecular weight excluding hydrogens is 252 g/mol. The summed E-state index contributed by atoms with van der Waals surface area (Å²) in [5.41, 5.74) is 8.56. The number of nitrogens with one attached hydrogen (secondary N) is 1. The summed E-state index contributed by atoms with van der Waals surface area (Å²) < 4.78 is 0. The van der Waals surface area contributed by atoms with Crippen molar-refractivity contribution in [3.05, 3.63) is 59.2 Å². The van der Waals surface area contributed by atoms with Crippen LogP contribution in [0, 0.1) is 6.92 Å². The highest BCUT2D eigenvalue weighted by molar-refractivity contribution is 5.94. The number of hydrogen-bond acceptors (Lipinski definition) is 3. The van der Waals surface area contributed by atoms with Gasteiger partial charge in [0.2, 0.25) is 0 Å². The lowest BCUT2D eigenvalue weighted by molar-refractivity contribution is 0.0940. The molecule has 0 aliphatic rings. The van der Waals surface area contributed by atoms with Gasteiger partial charge >= 0.3 is 0 Å². The number of carbonyl (C=O) groups excluding carboxylic acids is 1. The number of nitrogens with two attached hydrogens (primary N) is 1. The Bertz CT molecular complexity index is 638. The highest BCUT2D eigenvalue weighted by Crippen LogP contribution is 2.19. The molecule has 4 heteroatoms. The Labute approximate surface area is 118 Å². The lowest BCUT2D eigenvalue weighted by Crippen LogP contribution is -2.26. The summed E-state index contributed by atoms with van der Waals surface area (Å²) in [5, 5.41) is 12.4. The second kappa shape index (κ2) is 5.65. The molecule has 2 aromatic carbocycles. The average molecular weight is 270 g/mol. The predicted molar refractivity (Wildman–Crippen MR) is 79.6 cm³/mol. The highest BCUT2D eigenvalue weighted by Gasteiger charge is 2.12. The number of anilines is 1. The Morgan fingerprint density at radius 3 is 2.65 bits per heavy atom. The monoisotopic (exact) mass is 270 g/mol. The number of amides is 1. The van der Waals surface area contributed by atoms with Gasteiger partial charge in [-0.15, -0.1) is 0 Å². The zero-order valence-corrected chi connectivity index (χ0v) is 11.6. The van der Waals surface area contributed by atoms with Crippen molar-refractivity contribution in [3.8, 4) is 5.75 Å². The molecule has 0 spiro atoms. The standard InChI is InChI=1S/C16H18N2O2/c1-10-8-13(6-7-15(10)19)16(20)18-11(2)12-4-3-5-14(17)9-12/h3-9,11,19H,17H2,1-2H3,(H,18,20). The summed E-state index contributed by atoms with van der Waals surface area (Å²) in [6.45, 7) is 3.66. The highest BCUT2D eigenvalue weighted by atomic mass is 16.3. The van der Waals surface area contributed by atoms with Crippen LogP contribution < -0.4 is 11.1 Å². The van der Waals surface area contributed by atoms with Crippen molar-refractivity contribution >= 4 is 11.6 Å². The fraction of sp³-hybridized carbons (Fsp3) is 0.188. The molecule has 4 N–H and O–H groups in total. The third-order valence-corrected chi connectivity index (χ3v) is 3.22. The summed E-state index contributed by atoms with van der Waals surface area (Å²) >= 11 is 0. The number of phenolic OH excluding ortho intramolecular Hbond substituents is 1. The van der Waals surface area contributed by atoms with E-state index in [4.69, 9.17) is 5.73 Å². The van der Waals surface area contributed by atoms with Gasteiger partial charge in [0.25, 0.3) is 5.91 Å². The average Bonchev–Trinajstić information content (AvgIpc) is 2.41. The van der Waals surface area contributed by atoms with Gasteiger partial charge in [0.05, 0.1) is 6.04 Å². The van der Waals surface area contributed by atoms with E-state index >= 15 is 0 Å². The van der Waals surface area contributed by atoms with Crippen LogP contribution in [0.15, 0.2) is 42.5 Å². The molecule has 0 saturated heterocycles. The lowest BCUT2D eigenvalue weighted by atomic mass is 10.1. The van der Waals surface area contributed by atoms with Crippen LogP contribution in [0.1, 0.15) is 34.5 Å². The maximum absolute atomic E-state index is 12.2. The predicted octanol–water partition coefficient (Wildman–Crippen LogP) is 2.77. The first-order valence-corrected chi connectivity index (χ1v) is 6.43. The van der Waals surface area contributed by atoms with Crippen molar-refractivity contribution in [1.29, 1.82) is 0 Å². The van der Waals surface area contributed by atoms with Crippen LogP contribution in [0.5, 0.6) is 5.75 Å². The van der Waals surface area contributed by atoms with E-state index in [0.29, 0.717) is 16.8 Å². The molecule has 0 radical (unpaired) electrons. The molecule has 0 saturated carbocycles. The Morgan fingerprint density at radius 1 is 1.25 bits per heavy atom. The van der Waals surface area contributed by atoms with Crippen LogP contribution in [0.25, 0.3) is 0 Å². The molecule has 1 amide bonds. The molecule has 2 rings (SSSR count). The molecule has 0 fully saturated rings. The van der Waals surface area contributed by atoms with Crippen LogP contribution in [0.3, 0.4) is 0 Å². The van der Waals surface area contributed by atoms with Gasteiger partial charge in [0.1, 0.15) is 5.75 Å². The number of aryl methyl sites for hydroxylation is 1. The number of nitrogen functional groups attached to an aromatic ring is 1. The van der Waals surface area contributed by atoms with Crippen LogP contribution in [-0.4, -0.2) is 11.0 Å². The Kier molecular flexibility index (Phi) is 3.94. The van der Waals surface area contributed by atoms with Crippen LogP contribution in [-0.2, 0) is 0 Å². The molecule has 0 aromatic heterocycles. The number of benzene rings is 2. The fourth-order valence-corrected chi connectivity index (χ4v) is 1.99. The minimum absolute atomic E-state index is 0.139. The first kappa shape index (κ1) is 13.9. The van der Waals surface area contributed by atoms with Crippen LogP contribution >= 0.6 is 0 Å². The Morgan fingerprint density at radius 2 is 2.00 bits per heavy atom. The largest absolute Gasteiger partial charge is 0.508 e. The van der Waals surface area contributed by atoms with Crippen molar-refractivity contribution in [3.63, 3.8) is 0 Å².